The van der Waals surface area contributed by atoms with Crippen molar-refractivity contribution in [3.8, 4) is 0 Å². The van der Waals surface area contributed by atoms with Gasteiger partial charge in [0.15, 0.2) is 0 Å². The normalized spacial score (nSPS) is 10.3. The van der Waals surface area contributed by atoms with Gasteiger partial charge < -0.3 is 16.0 Å². The monoisotopic (exact) mass is 327 g/mol. The number of aromatic nitrogens is 2. The zero-order valence-electron chi connectivity index (χ0n) is 14.0. The Morgan fingerprint density at radius 3 is 2.38 bits per heavy atom. The fraction of sp³-hybridized carbons (Fsp3) is 0.294. The van der Waals surface area contributed by atoms with Gasteiger partial charge in [0.1, 0.15) is 11.5 Å². The van der Waals surface area contributed by atoms with Crippen LogP contribution >= 0.6 is 0 Å². The molecule has 0 aliphatic heterocycles. The van der Waals surface area contributed by atoms with E-state index >= 15 is 0 Å². The molecule has 0 atom stereocenters. The van der Waals surface area contributed by atoms with Crippen LogP contribution in [0.1, 0.15) is 31.3 Å². The van der Waals surface area contributed by atoms with Crippen LogP contribution in [0.3, 0.4) is 0 Å². The lowest BCUT2D eigenvalue weighted by molar-refractivity contribution is -0.114. The van der Waals surface area contributed by atoms with Crippen LogP contribution in [-0.4, -0.2) is 28.3 Å². The molecule has 0 saturated carbocycles. The molecule has 126 valence electrons. The molecule has 0 radical (unpaired) electrons. The number of rotatable bonds is 6. The largest absolute Gasteiger partial charge is 0.369 e. The summed E-state index contributed by atoms with van der Waals surface area (Å²) in [6.45, 7) is 6.40. The molecule has 2 amide bonds. The first-order valence-corrected chi connectivity index (χ1v) is 7.69. The van der Waals surface area contributed by atoms with Crippen molar-refractivity contribution < 1.29 is 9.59 Å². The van der Waals surface area contributed by atoms with E-state index in [-0.39, 0.29) is 17.5 Å². The Morgan fingerprint density at radius 2 is 1.79 bits per heavy atom. The topological polar surface area (TPSA) is 96.0 Å². The minimum atomic E-state index is -0.363. The first-order valence-electron chi connectivity index (χ1n) is 7.69. The van der Waals surface area contributed by atoms with E-state index in [2.05, 4.69) is 39.8 Å². The van der Waals surface area contributed by atoms with Gasteiger partial charge in [0.05, 0.1) is 12.4 Å². The third kappa shape index (κ3) is 5.35. The van der Waals surface area contributed by atoms with Crippen molar-refractivity contribution in [1.82, 2.24) is 9.97 Å². The number of nitrogens with zero attached hydrogens (tertiary/aromatic N) is 2. The SMILES string of the molecule is CC(=O)Nc1cccc(NC(=O)c2cnc(NCC(C)C)cn2)c1. The lowest BCUT2D eigenvalue weighted by Crippen LogP contribution is -2.15. The highest BCUT2D eigenvalue weighted by Gasteiger charge is 2.09. The van der Waals surface area contributed by atoms with Gasteiger partial charge in [-0.25, -0.2) is 9.97 Å². The molecule has 0 spiro atoms. The maximum atomic E-state index is 12.2. The summed E-state index contributed by atoms with van der Waals surface area (Å²) in [6.07, 6.45) is 2.96. The van der Waals surface area contributed by atoms with Gasteiger partial charge in [-0.05, 0) is 24.1 Å². The Morgan fingerprint density at radius 1 is 1.08 bits per heavy atom. The Kier molecular flexibility index (Phi) is 5.83. The molecule has 1 aromatic carbocycles. The molecule has 0 bridgehead atoms. The number of anilines is 3. The van der Waals surface area contributed by atoms with Crippen molar-refractivity contribution in [3.63, 3.8) is 0 Å². The lowest BCUT2D eigenvalue weighted by atomic mass is 10.2. The van der Waals surface area contributed by atoms with Crippen LogP contribution in [0.2, 0.25) is 0 Å². The molecule has 2 rings (SSSR count). The second kappa shape index (κ2) is 8.05. The molecule has 7 heteroatoms. The number of amides is 2. The molecule has 3 N–H and O–H groups in total. The number of carbonyl (C=O) groups is 2. The molecule has 24 heavy (non-hydrogen) atoms. The van der Waals surface area contributed by atoms with Crippen LogP contribution in [0.15, 0.2) is 36.7 Å². The molecule has 0 fully saturated rings. The maximum Gasteiger partial charge on any atom is 0.275 e. The van der Waals surface area contributed by atoms with Gasteiger partial charge in [-0.3, -0.25) is 9.59 Å². The van der Waals surface area contributed by atoms with Crippen molar-refractivity contribution in [3.05, 3.63) is 42.4 Å². The summed E-state index contributed by atoms with van der Waals surface area (Å²) in [5.41, 5.74) is 1.39. The van der Waals surface area contributed by atoms with Gasteiger partial charge in [0.2, 0.25) is 5.91 Å². The van der Waals surface area contributed by atoms with Crippen molar-refractivity contribution in [2.45, 2.75) is 20.8 Å². The van der Waals surface area contributed by atoms with Crippen LogP contribution in [0.4, 0.5) is 17.2 Å². The van der Waals surface area contributed by atoms with Crippen molar-refractivity contribution in [2.75, 3.05) is 22.5 Å². The summed E-state index contributed by atoms with van der Waals surface area (Å²) < 4.78 is 0. The standard InChI is InChI=1S/C17H21N5O2/c1-11(2)8-19-16-10-18-15(9-20-16)17(24)22-14-6-4-5-13(7-14)21-12(3)23/h4-7,9-11H,8H2,1-3H3,(H,19,20)(H,21,23)(H,22,24). The average Bonchev–Trinajstić information content (AvgIpc) is 2.53. The number of hydrogen-bond donors (Lipinski definition) is 3. The van der Waals surface area contributed by atoms with Crippen LogP contribution in [-0.2, 0) is 4.79 Å². The fourth-order valence-electron chi connectivity index (χ4n) is 1.92. The number of benzene rings is 1. The van der Waals surface area contributed by atoms with Crippen LogP contribution in [0, 0.1) is 5.92 Å². The number of nitrogens with one attached hydrogen (secondary N) is 3. The minimum Gasteiger partial charge on any atom is -0.369 e. The van der Waals surface area contributed by atoms with E-state index in [0.717, 1.165) is 6.54 Å². The highest BCUT2D eigenvalue weighted by atomic mass is 16.2. The summed E-state index contributed by atoms with van der Waals surface area (Å²) >= 11 is 0. The molecule has 0 unspecified atom stereocenters. The van der Waals surface area contributed by atoms with Crippen LogP contribution in [0.5, 0.6) is 0 Å². The first-order chi connectivity index (χ1) is 11.4. The van der Waals surface area contributed by atoms with Gasteiger partial charge in [0, 0.05) is 24.8 Å². The highest BCUT2D eigenvalue weighted by molar-refractivity contribution is 6.03. The highest BCUT2D eigenvalue weighted by Crippen LogP contribution is 2.16. The molecule has 2 aromatic rings. The number of hydrogen-bond acceptors (Lipinski definition) is 5. The smallest absolute Gasteiger partial charge is 0.275 e. The number of carbonyl (C=O) groups excluding carboxylic acids is 2. The van der Waals surface area contributed by atoms with Gasteiger partial charge in [-0.2, -0.15) is 0 Å². The molecule has 1 aromatic heterocycles. The second-order valence-electron chi connectivity index (χ2n) is 5.78. The molecule has 1 heterocycles. The van der Waals surface area contributed by atoms with E-state index < -0.39 is 0 Å². The summed E-state index contributed by atoms with van der Waals surface area (Å²) in [5, 5.41) is 8.53. The van der Waals surface area contributed by atoms with Crippen LogP contribution < -0.4 is 16.0 Å². The second-order valence-corrected chi connectivity index (χ2v) is 5.78. The van der Waals surface area contributed by atoms with Gasteiger partial charge in [0.25, 0.3) is 5.91 Å². The quantitative estimate of drug-likeness (QED) is 0.758. The zero-order valence-corrected chi connectivity index (χ0v) is 14.0. The first kappa shape index (κ1) is 17.4. The van der Waals surface area contributed by atoms with Crippen LogP contribution in [0.25, 0.3) is 0 Å². The van der Waals surface area contributed by atoms with Crippen molar-refractivity contribution in [1.29, 1.82) is 0 Å². The fourth-order valence-corrected chi connectivity index (χ4v) is 1.92. The van der Waals surface area contributed by atoms with Gasteiger partial charge >= 0.3 is 0 Å². The third-order valence-corrected chi connectivity index (χ3v) is 3.02. The Hall–Kier alpha value is -2.96. The van der Waals surface area contributed by atoms with Gasteiger partial charge in [-0.15, -0.1) is 0 Å². The molecule has 7 nitrogen and oxygen atoms in total. The van der Waals surface area contributed by atoms with E-state index in [1.54, 1.807) is 24.3 Å². The van der Waals surface area contributed by atoms with E-state index in [4.69, 9.17) is 0 Å². The summed E-state index contributed by atoms with van der Waals surface area (Å²) in [4.78, 5) is 31.6. The minimum absolute atomic E-state index is 0.172. The Labute approximate surface area is 140 Å². The Balaban J connectivity index is 2.00. The van der Waals surface area contributed by atoms with E-state index in [1.807, 2.05) is 0 Å². The molecular weight excluding hydrogens is 306 g/mol. The van der Waals surface area contributed by atoms with E-state index in [0.29, 0.717) is 23.1 Å². The van der Waals surface area contributed by atoms with Crippen molar-refractivity contribution in [2.24, 2.45) is 5.92 Å². The van der Waals surface area contributed by atoms with E-state index in [1.165, 1.54) is 19.3 Å². The zero-order chi connectivity index (χ0) is 17.5. The molecule has 0 aliphatic carbocycles. The Bertz CT molecular complexity index is 713. The van der Waals surface area contributed by atoms with Gasteiger partial charge in [-0.1, -0.05) is 19.9 Å². The maximum absolute atomic E-state index is 12.2. The van der Waals surface area contributed by atoms with E-state index in [9.17, 15) is 9.59 Å². The lowest BCUT2D eigenvalue weighted by Gasteiger charge is -2.09. The summed E-state index contributed by atoms with van der Waals surface area (Å²) in [6, 6.07) is 6.89. The molecule has 0 saturated heterocycles. The molecular formula is C17H21N5O2. The summed E-state index contributed by atoms with van der Waals surface area (Å²) in [7, 11) is 0. The predicted molar refractivity (Wildman–Crippen MR) is 94.1 cm³/mol. The van der Waals surface area contributed by atoms with Crippen molar-refractivity contribution >= 4 is 29.0 Å². The molecule has 0 aliphatic rings. The summed E-state index contributed by atoms with van der Waals surface area (Å²) in [5.74, 6) is 0.588. The third-order valence-electron chi connectivity index (χ3n) is 3.02. The predicted octanol–water partition coefficient (Wildman–Crippen LogP) is 2.76. The average molecular weight is 327 g/mol.